The lowest BCUT2D eigenvalue weighted by atomic mass is 10.0. The molecule has 0 radical (unpaired) electrons. The second-order valence-electron chi connectivity index (χ2n) is 3.99. The van der Waals surface area contributed by atoms with Gasteiger partial charge in [0.1, 0.15) is 0 Å². The number of nitrogens with zero attached hydrogens (tertiary/aromatic N) is 2. The lowest BCUT2D eigenvalue weighted by Crippen LogP contribution is -1.89. The van der Waals surface area contributed by atoms with Crippen LogP contribution < -0.4 is 0 Å². The van der Waals surface area contributed by atoms with Gasteiger partial charge in [0.05, 0.1) is 5.69 Å². The highest BCUT2D eigenvalue weighted by Gasteiger charge is 2.02. The average molecular weight is 277 g/mol. The van der Waals surface area contributed by atoms with E-state index in [0.29, 0.717) is 10.7 Å². The van der Waals surface area contributed by atoms with Crippen LogP contribution in [0.1, 0.15) is 25.3 Å². The Hall–Kier alpha value is -1.22. The minimum absolute atomic E-state index is 0.561. The van der Waals surface area contributed by atoms with Gasteiger partial charge in [0.15, 0.2) is 4.73 Å². The summed E-state index contributed by atoms with van der Waals surface area (Å²) < 4.78 is 0.623. The van der Waals surface area contributed by atoms with Crippen molar-refractivity contribution in [2.75, 3.05) is 0 Å². The molecule has 1 aromatic heterocycles. The van der Waals surface area contributed by atoms with Gasteiger partial charge in [0.25, 0.3) is 0 Å². The Balaban J connectivity index is 2.35. The first-order chi connectivity index (χ1) is 7.66. The number of halogens is 1. The van der Waals surface area contributed by atoms with Crippen molar-refractivity contribution in [1.29, 1.82) is 0 Å². The Labute approximate surface area is 104 Å². The number of benzene rings is 1. The van der Waals surface area contributed by atoms with Crippen LogP contribution in [-0.4, -0.2) is 9.97 Å². The van der Waals surface area contributed by atoms with Crippen molar-refractivity contribution in [2.45, 2.75) is 19.8 Å². The molecule has 0 bridgehead atoms. The predicted octanol–water partition coefficient (Wildman–Crippen LogP) is 4.03. The van der Waals surface area contributed by atoms with Crippen molar-refractivity contribution < 1.29 is 0 Å². The van der Waals surface area contributed by atoms with Crippen molar-refractivity contribution in [2.24, 2.45) is 0 Å². The topological polar surface area (TPSA) is 25.8 Å². The Morgan fingerprint density at radius 2 is 1.75 bits per heavy atom. The van der Waals surface area contributed by atoms with Gasteiger partial charge in [-0.3, -0.25) is 0 Å². The molecule has 2 aromatic rings. The van der Waals surface area contributed by atoms with Gasteiger partial charge in [-0.1, -0.05) is 38.1 Å². The molecule has 1 heterocycles. The molecule has 0 atom stereocenters. The van der Waals surface area contributed by atoms with E-state index in [0.717, 1.165) is 11.3 Å². The average Bonchev–Trinajstić information content (AvgIpc) is 2.29. The van der Waals surface area contributed by atoms with Crippen LogP contribution in [0.25, 0.3) is 11.3 Å². The fourth-order valence-corrected chi connectivity index (χ4v) is 1.84. The third-order valence-corrected chi connectivity index (χ3v) is 2.88. The first kappa shape index (κ1) is 11.3. The Morgan fingerprint density at radius 1 is 1.06 bits per heavy atom. The molecule has 0 unspecified atom stereocenters. The maximum atomic E-state index is 4.32. The van der Waals surface area contributed by atoms with Crippen molar-refractivity contribution in [3.05, 3.63) is 46.8 Å². The van der Waals surface area contributed by atoms with Crippen LogP contribution in [0.15, 0.2) is 41.3 Å². The molecule has 82 valence electrons. The van der Waals surface area contributed by atoms with E-state index in [-0.39, 0.29) is 0 Å². The van der Waals surface area contributed by atoms with Crippen LogP contribution in [0.2, 0.25) is 0 Å². The van der Waals surface area contributed by atoms with Gasteiger partial charge in [0, 0.05) is 11.8 Å². The summed E-state index contributed by atoms with van der Waals surface area (Å²) in [6, 6.07) is 10.4. The molecule has 0 amide bonds. The molecular weight excluding hydrogens is 264 g/mol. The zero-order chi connectivity index (χ0) is 11.5. The highest BCUT2D eigenvalue weighted by molar-refractivity contribution is 9.10. The maximum Gasteiger partial charge on any atom is 0.197 e. The van der Waals surface area contributed by atoms with Crippen LogP contribution in [0.3, 0.4) is 0 Å². The summed E-state index contributed by atoms with van der Waals surface area (Å²) in [5.74, 6) is 0.561. The van der Waals surface area contributed by atoms with Gasteiger partial charge < -0.3 is 0 Å². The lowest BCUT2D eigenvalue weighted by molar-refractivity contribution is 0.867. The van der Waals surface area contributed by atoms with E-state index < -0.39 is 0 Å². The second kappa shape index (κ2) is 4.74. The minimum atomic E-state index is 0.561. The Bertz CT molecular complexity index is 478. The Kier molecular flexibility index (Phi) is 3.34. The summed E-state index contributed by atoms with van der Waals surface area (Å²) in [4.78, 5) is 8.34. The van der Waals surface area contributed by atoms with Gasteiger partial charge in [-0.25, -0.2) is 9.97 Å². The monoisotopic (exact) mass is 276 g/mol. The smallest absolute Gasteiger partial charge is 0.197 e. The molecule has 0 aliphatic heterocycles. The van der Waals surface area contributed by atoms with Crippen molar-refractivity contribution >= 4 is 15.9 Å². The lowest BCUT2D eigenvalue weighted by Gasteiger charge is -2.06. The van der Waals surface area contributed by atoms with E-state index >= 15 is 0 Å². The van der Waals surface area contributed by atoms with Crippen molar-refractivity contribution in [3.63, 3.8) is 0 Å². The molecule has 0 aliphatic carbocycles. The molecular formula is C13H13BrN2. The van der Waals surface area contributed by atoms with Crippen molar-refractivity contribution in [1.82, 2.24) is 9.97 Å². The van der Waals surface area contributed by atoms with Gasteiger partial charge in [0.2, 0.25) is 0 Å². The molecule has 3 heteroatoms. The summed E-state index contributed by atoms with van der Waals surface area (Å²) in [6.45, 7) is 4.38. The molecule has 2 rings (SSSR count). The molecule has 1 aromatic carbocycles. The van der Waals surface area contributed by atoms with Gasteiger partial charge in [-0.05, 0) is 33.5 Å². The highest BCUT2D eigenvalue weighted by Crippen LogP contribution is 2.21. The summed E-state index contributed by atoms with van der Waals surface area (Å²) in [7, 11) is 0. The van der Waals surface area contributed by atoms with Crippen LogP contribution in [0.4, 0.5) is 0 Å². The largest absolute Gasteiger partial charge is 0.231 e. The number of rotatable bonds is 2. The summed E-state index contributed by atoms with van der Waals surface area (Å²) >= 11 is 3.27. The molecule has 2 nitrogen and oxygen atoms in total. The van der Waals surface area contributed by atoms with Gasteiger partial charge in [-0.15, -0.1) is 0 Å². The van der Waals surface area contributed by atoms with E-state index in [1.165, 1.54) is 5.56 Å². The third kappa shape index (κ3) is 2.47. The summed E-state index contributed by atoms with van der Waals surface area (Å²) in [6.07, 6.45) is 1.75. The van der Waals surface area contributed by atoms with Crippen LogP contribution >= 0.6 is 15.9 Å². The third-order valence-electron chi connectivity index (χ3n) is 2.50. The fourth-order valence-electron chi connectivity index (χ4n) is 1.53. The quantitative estimate of drug-likeness (QED) is 0.774. The van der Waals surface area contributed by atoms with Crippen LogP contribution in [0.5, 0.6) is 0 Å². The molecule has 0 saturated carbocycles. The molecule has 0 aliphatic rings. The number of hydrogen-bond acceptors (Lipinski definition) is 2. The van der Waals surface area contributed by atoms with Crippen molar-refractivity contribution in [3.8, 4) is 11.3 Å². The first-order valence-corrected chi connectivity index (χ1v) is 6.05. The van der Waals surface area contributed by atoms with E-state index in [1.54, 1.807) is 6.20 Å². The number of hydrogen-bond donors (Lipinski definition) is 0. The molecule has 0 spiro atoms. The molecule has 0 saturated heterocycles. The van der Waals surface area contributed by atoms with Gasteiger partial charge in [-0.2, -0.15) is 0 Å². The predicted molar refractivity (Wildman–Crippen MR) is 69.3 cm³/mol. The molecule has 0 fully saturated rings. The maximum absolute atomic E-state index is 4.32. The molecule has 16 heavy (non-hydrogen) atoms. The zero-order valence-corrected chi connectivity index (χ0v) is 10.9. The van der Waals surface area contributed by atoms with Crippen LogP contribution in [-0.2, 0) is 0 Å². The summed E-state index contributed by atoms with van der Waals surface area (Å²) in [5.41, 5.74) is 3.40. The van der Waals surface area contributed by atoms with E-state index in [9.17, 15) is 0 Å². The van der Waals surface area contributed by atoms with E-state index in [1.807, 2.05) is 6.07 Å². The second-order valence-corrected chi connectivity index (χ2v) is 4.70. The standard InChI is InChI=1S/C13H13BrN2/c1-9(2)10-3-5-11(6-4-10)12-7-8-15-13(14)16-12/h3-9H,1-2H3. The van der Waals surface area contributed by atoms with E-state index in [2.05, 4.69) is 64.0 Å². The zero-order valence-electron chi connectivity index (χ0n) is 9.31. The van der Waals surface area contributed by atoms with E-state index in [4.69, 9.17) is 0 Å². The highest BCUT2D eigenvalue weighted by atomic mass is 79.9. The Morgan fingerprint density at radius 3 is 2.31 bits per heavy atom. The van der Waals surface area contributed by atoms with Gasteiger partial charge >= 0.3 is 0 Å². The minimum Gasteiger partial charge on any atom is -0.231 e. The molecule has 0 N–H and O–H groups in total. The van der Waals surface area contributed by atoms with Crippen LogP contribution in [0, 0.1) is 0 Å². The SMILES string of the molecule is CC(C)c1ccc(-c2ccnc(Br)n2)cc1. The summed E-state index contributed by atoms with van der Waals surface area (Å²) in [5, 5.41) is 0. The first-order valence-electron chi connectivity index (χ1n) is 5.25. The fraction of sp³-hybridized carbons (Fsp3) is 0.231. The normalized spacial score (nSPS) is 10.8. The number of aromatic nitrogens is 2.